The lowest BCUT2D eigenvalue weighted by atomic mass is 10.1. The molecule has 1 rings (SSSR count). The average molecular weight is 210 g/mol. The number of hydrogen-bond donors (Lipinski definition) is 1. The first kappa shape index (κ1) is 11.8. The Bertz CT molecular complexity index is 367. The summed E-state index contributed by atoms with van der Waals surface area (Å²) in [7, 11) is 0. The molecule has 0 aromatic carbocycles. The highest BCUT2D eigenvalue weighted by molar-refractivity contribution is 5.67. The van der Waals surface area contributed by atoms with Crippen LogP contribution in [0.15, 0.2) is 0 Å². The van der Waals surface area contributed by atoms with Crippen molar-refractivity contribution in [2.45, 2.75) is 46.6 Å². The number of aromatic nitrogens is 2. The minimum atomic E-state index is -0.758. The summed E-state index contributed by atoms with van der Waals surface area (Å²) < 4.78 is 1.95. The molecular weight excluding hydrogens is 192 g/mol. The van der Waals surface area contributed by atoms with Gasteiger partial charge in [-0.05, 0) is 39.7 Å². The van der Waals surface area contributed by atoms with E-state index in [9.17, 15) is 4.79 Å². The second kappa shape index (κ2) is 4.47. The van der Waals surface area contributed by atoms with Gasteiger partial charge in [0.05, 0.1) is 5.69 Å². The third-order valence-corrected chi connectivity index (χ3v) is 2.55. The Kier molecular flexibility index (Phi) is 3.50. The van der Waals surface area contributed by atoms with E-state index < -0.39 is 5.97 Å². The van der Waals surface area contributed by atoms with Crippen molar-refractivity contribution in [3.8, 4) is 0 Å². The number of rotatable bonds is 4. The summed E-state index contributed by atoms with van der Waals surface area (Å²) in [5.74, 6) is -0.758. The first-order chi connectivity index (χ1) is 6.93. The van der Waals surface area contributed by atoms with E-state index in [1.165, 1.54) is 0 Å². The molecule has 0 aliphatic heterocycles. The molecule has 15 heavy (non-hydrogen) atoms. The van der Waals surface area contributed by atoms with Gasteiger partial charge in [0.2, 0.25) is 0 Å². The van der Waals surface area contributed by atoms with Crippen molar-refractivity contribution < 1.29 is 9.90 Å². The van der Waals surface area contributed by atoms with Gasteiger partial charge in [-0.25, -0.2) is 0 Å². The van der Waals surface area contributed by atoms with Crippen LogP contribution >= 0.6 is 0 Å². The van der Waals surface area contributed by atoms with Gasteiger partial charge in [0.15, 0.2) is 0 Å². The van der Waals surface area contributed by atoms with Gasteiger partial charge in [-0.1, -0.05) is 0 Å². The molecule has 0 aliphatic carbocycles. The van der Waals surface area contributed by atoms with E-state index in [-0.39, 0.29) is 6.42 Å². The molecule has 0 saturated heterocycles. The molecule has 0 fully saturated rings. The fraction of sp³-hybridized carbons (Fsp3) is 0.636. The van der Waals surface area contributed by atoms with Crippen molar-refractivity contribution >= 4 is 5.97 Å². The molecule has 1 N–H and O–H groups in total. The Hall–Kier alpha value is -1.32. The van der Waals surface area contributed by atoms with Crippen LogP contribution in [0.3, 0.4) is 0 Å². The summed E-state index contributed by atoms with van der Waals surface area (Å²) in [5, 5.41) is 13.1. The summed E-state index contributed by atoms with van der Waals surface area (Å²) >= 11 is 0. The lowest BCUT2D eigenvalue weighted by Gasteiger charge is -2.08. The van der Waals surface area contributed by atoms with E-state index >= 15 is 0 Å². The second-order valence-corrected chi connectivity index (χ2v) is 4.08. The molecule has 1 heterocycles. The maximum absolute atomic E-state index is 10.5. The van der Waals surface area contributed by atoms with Gasteiger partial charge in [0.1, 0.15) is 0 Å². The standard InChI is InChI=1S/C11H18N2O2/c1-7(2)13-9(4)10(8(3)12-13)5-6-11(14)15/h7H,5-6H2,1-4H3,(H,14,15). The minimum Gasteiger partial charge on any atom is -0.481 e. The fourth-order valence-electron chi connectivity index (χ4n) is 1.79. The molecular formula is C11H18N2O2. The van der Waals surface area contributed by atoms with E-state index in [0.29, 0.717) is 12.5 Å². The van der Waals surface area contributed by atoms with Crippen molar-refractivity contribution in [1.82, 2.24) is 9.78 Å². The topological polar surface area (TPSA) is 55.1 Å². The van der Waals surface area contributed by atoms with E-state index in [1.54, 1.807) is 0 Å². The zero-order valence-electron chi connectivity index (χ0n) is 9.74. The zero-order valence-corrected chi connectivity index (χ0v) is 9.74. The number of carboxylic acids is 1. The quantitative estimate of drug-likeness (QED) is 0.828. The van der Waals surface area contributed by atoms with Crippen molar-refractivity contribution in [1.29, 1.82) is 0 Å². The predicted octanol–water partition coefficient (Wildman–Crippen LogP) is 2.10. The summed E-state index contributed by atoms with van der Waals surface area (Å²) in [4.78, 5) is 10.5. The molecule has 0 spiro atoms. The number of carbonyl (C=O) groups is 1. The number of carboxylic acid groups (broad SMARTS) is 1. The van der Waals surface area contributed by atoms with Crippen LogP contribution in [0.5, 0.6) is 0 Å². The third-order valence-electron chi connectivity index (χ3n) is 2.55. The van der Waals surface area contributed by atoms with Crippen LogP contribution in [-0.2, 0) is 11.2 Å². The summed E-state index contributed by atoms with van der Waals surface area (Å²) in [6.45, 7) is 8.07. The summed E-state index contributed by atoms with van der Waals surface area (Å²) in [6, 6.07) is 0.322. The lowest BCUT2D eigenvalue weighted by molar-refractivity contribution is -0.136. The molecule has 0 amide bonds. The van der Waals surface area contributed by atoms with Crippen LogP contribution in [0.1, 0.15) is 43.3 Å². The van der Waals surface area contributed by atoms with Gasteiger partial charge in [-0.2, -0.15) is 5.10 Å². The zero-order chi connectivity index (χ0) is 11.6. The van der Waals surface area contributed by atoms with Gasteiger partial charge in [0.25, 0.3) is 0 Å². The number of nitrogens with zero attached hydrogens (tertiary/aromatic N) is 2. The fourth-order valence-corrected chi connectivity index (χ4v) is 1.79. The highest BCUT2D eigenvalue weighted by atomic mass is 16.4. The monoisotopic (exact) mass is 210 g/mol. The largest absolute Gasteiger partial charge is 0.481 e. The van der Waals surface area contributed by atoms with Crippen molar-refractivity contribution in [2.24, 2.45) is 0 Å². The number of hydrogen-bond acceptors (Lipinski definition) is 2. The van der Waals surface area contributed by atoms with Gasteiger partial charge < -0.3 is 5.11 Å². The van der Waals surface area contributed by atoms with E-state index in [0.717, 1.165) is 17.0 Å². The molecule has 0 saturated carbocycles. The lowest BCUT2D eigenvalue weighted by Crippen LogP contribution is -2.05. The smallest absolute Gasteiger partial charge is 0.303 e. The third kappa shape index (κ3) is 2.58. The first-order valence-corrected chi connectivity index (χ1v) is 5.19. The van der Waals surface area contributed by atoms with Crippen LogP contribution < -0.4 is 0 Å². The molecule has 0 bridgehead atoms. The Morgan fingerprint density at radius 1 is 1.47 bits per heavy atom. The van der Waals surface area contributed by atoms with Crippen molar-refractivity contribution in [3.63, 3.8) is 0 Å². The molecule has 0 atom stereocenters. The Morgan fingerprint density at radius 3 is 2.47 bits per heavy atom. The maximum Gasteiger partial charge on any atom is 0.303 e. The Morgan fingerprint density at radius 2 is 2.07 bits per heavy atom. The normalized spacial score (nSPS) is 11.0. The highest BCUT2D eigenvalue weighted by Crippen LogP contribution is 2.18. The Balaban J connectivity index is 2.92. The van der Waals surface area contributed by atoms with Crippen LogP contribution in [-0.4, -0.2) is 20.9 Å². The molecule has 1 aromatic rings. The summed E-state index contributed by atoms with van der Waals surface area (Å²) in [5.41, 5.74) is 3.11. The molecule has 0 aliphatic rings. The predicted molar refractivity (Wildman–Crippen MR) is 58.0 cm³/mol. The SMILES string of the molecule is Cc1nn(C(C)C)c(C)c1CCC(=O)O. The van der Waals surface area contributed by atoms with Gasteiger partial charge in [-0.3, -0.25) is 9.48 Å². The molecule has 4 heteroatoms. The second-order valence-electron chi connectivity index (χ2n) is 4.08. The van der Waals surface area contributed by atoms with Crippen molar-refractivity contribution in [2.75, 3.05) is 0 Å². The van der Waals surface area contributed by atoms with E-state index in [1.807, 2.05) is 18.5 Å². The molecule has 0 unspecified atom stereocenters. The van der Waals surface area contributed by atoms with Gasteiger partial charge in [-0.15, -0.1) is 0 Å². The van der Waals surface area contributed by atoms with Gasteiger partial charge >= 0.3 is 5.97 Å². The highest BCUT2D eigenvalue weighted by Gasteiger charge is 2.13. The van der Waals surface area contributed by atoms with Crippen LogP contribution in [0, 0.1) is 13.8 Å². The van der Waals surface area contributed by atoms with E-state index in [4.69, 9.17) is 5.11 Å². The van der Waals surface area contributed by atoms with E-state index in [2.05, 4.69) is 18.9 Å². The van der Waals surface area contributed by atoms with Crippen LogP contribution in [0.2, 0.25) is 0 Å². The Labute approximate surface area is 89.9 Å². The minimum absolute atomic E-state index is 0.172. The first-order valence-electron chi connectivity index (χ1n) is 5.19. The average Bonchev–Trinajstić information content (AvgIpc) is 2.39. The number of aliphatic carboxylic acids is 1. The molecule has 4 nitrogen and oxygen atoms in total. The van der Waals surface area contributed by atoms with Gasteiger partial charge in [0, 0.05) is 18.2 Å². The molecule has 1 aromatic heterocycles. The molecule has 0 radical (unpaired) electrons. The maximum atomic E-state index is 10.5. The van der Waals surface area contributed by atoms with Crippen LogP contribution in [0.4, 0.5) is 0 Å². The summed E-state index contributed by atoms with van der Waals surface area (Å²) in [6.07, 6.45) is 0.741. The van der Waals surface area contributed by atoms with Crippen molar-refractivity contribution in [3.05, 3.63) is 17.0 Å². The number of aryl methyl sites for hydroxylation is 1. The molecule has 84 valence electrons. The van der Waals surface area contributed by atoms with Crippen LogP contribution in [0.25, 0.3) is 0 Å².